The molecule has 0 saturated carbocycles. The molecule has 2 amide bonds. The van der Waals surface area contributed by atoms with E-state index < -0.39 is 0 Å². The van der Waals surface area contributed by atoms with Crippen molar-refractivity contribution in [3.8, 4) is 11.5 Å². The van der Waals surface area contributed by atoms with Gasteiger partial charge in [0.15, 0.2) is 11.5 Å². The summed E-state index contributed by atoms with van der Waals surface area (Å²) in [6, 6.07) is 3.88. The van der Waals surface area contributed by atoms with E-state index in [0.29, 0.717) is 25.4 Å². The zero-order chi connectivity index (χ0) is 17.1. The van der Waals surface area contributed by atoms with Gasteiger partial charge in [-0.05, 0) is 36.6 Å². The molecule has 7 nitrogen and oxygen atoms in total. The van der Waals surface area contributed by atoms with Crippen LogP contribution in [0.15, 0.2) is 18.3 Å². The van der Waals surface area contributed by atoms with Crippen LogP contribution in [0.1, 0.15) is 22.4 Å². The van der Waals surface area contributed by atoms with Crippen LogP contribution in [0.4, 0.5) is 4.79 Å². The summed E-state index contributed by atoms with van der Waals surface area (Å²) in [7, 11) is 3.25. The number of ether oxygens (including phenoxy) is 2. The molecule has 24 heavy (non-hydrogen) atoms. The molecule has 1 aliphatic heterocycles. The number of aromatic amines is 1. The van der Waals surface area contributed by atoms with E-state index >= 15 is 0 Å². The molecule has 2 aromatic rings. The van der Waals surface area contributed by atoms with Crippen LogP contribution in [-0.2, 0) is 19.5 Å². The maximum Gasteiger partial charge on any atom is 0.317 e. The van der Waals surface area contributed by atoms with Crippen molar-refractivity contribution in [1.82, 2.24) is 20.4 Å². The van der Waals surface area contributed by atoms with E-state index in [2.05, 4.69) is 15.5 Å². The molecular formula is C17H22N4O3. The molecule has 0 saturated heterocycles. The van der Waals surface area contributed by atoms with Crippen LogP contribution in [0.2, 0.25) is 0 Å². The first-order valence-corrected chi connectivity index (χ1v) is 7.87. The van der Waals surface area contributed by atoms with E-state index in [1.54, 1.807) is 20.4 Å². The first-order valence-electron chi connectivity index (χ1n) is 7.87. The predicted molar refractivity (Wildman–Crippen MR) is 89.2 cm³/mol. The van der Waals surface area contributed by atoms with Crippen molar-refractivity contribution in [1.29, 1.82) is 0 Å². The SMILES string of the molecule is COc1cc2c(cc1OC)CN(C(=O)NCc1cn[nH]c1C)CC2. The van der Waals surface area contributed by atoms with Gasteiger partial charge in [-0.25, -0.2) is 4.79 Å². The number of aromatic nitrogens is 2. The second-order valence-corrected chi connectivity index (χ2v) is 5.83. The Balaban J connectivity index is 1.67. The van der Waals surface area contributed by atoms with Crippen molar-refractivity contribution >= 4 is 6.03 Å². The number of hydrogen-bond acceptors (Lipinski definition) is 4. The lowest BCUT2D eigenvalue weighted by Crippen LogP contribution is -2.42. The number of aryl methyl sites for hydroxylation is 1. The van der Waals surface area contributed by atoms with Crippen molar-refractivity contribution in [2.75, 3.05) is 20.8 Å². The molecule has 0 spiro atoms. The number of methoxy groups -OCH3 is 2. The quantitative estimate of drug-likeness (QED) is 0.899. The van der Waals surface area contributed by atoms with E-state index in [9.17, 15) is 4.79 Å². The fourth-order valence-electron chi connectivity index (χ4n) is 2.89. The first-order chi connectivity index (χ1) is 11.6. The summed E-state index contributed by atoms with van der Waals surface area (Å²) in [6.45, 7) is 3.65. The molecule has 0 aliphatic carbocycles. The van der Waals surface area contributed by atoms with Gasteiger partial charge in [0.05, 0.1) is 20.4 Å². The Labute approximate surface area is 140 Å². The van der Waals surface area contributed by atoms with Crippen molar-refractivity contribution < 1.29 is 14.3 Å². The molecule has 0 bridgehead atoms. The summed E-state index contributed by atoms with van der Waals surface area (Å²) in [5, 5.41) is 9.78. The van der Waals surface area contributed by atoms with Crippen molar-refractivity contribution in [2.24, 2.45) is 0 Å². The Hall–Kier alpha value is -2.70. The highest BCUT2D eigenvalue weighted by molar-refractivity contribution is 5.74. The van der Waals surface area contributed by atoms with Crippen LogP contribution >= 0.6 is 0 Å². The Morgan fingerprint density at radius 3 is 2.62 bits per heavy atom. The number of rotatable bonds is 4. The molecule has 2 heterocycles. The molecule has 3 rings (SSSR count). The molecule has 0 radical (unpaired) electrons. The number of hydrogen-bond donors (Lipinski definition) is 2. The number of fused-ring (bicyclic) bond motifs is 1. The molecule has 0 unspecified atom stereocenters. The molecule has 2 N–H and O–H groups in total. The normalized spacial score (nSPS) is 13.4. The summed E-state index contributed by atoms with van der Waals surface area (Å²) in [4.78, 5) is 14.2. The number of H-pyrrole nitrogens is 1. The molecule has 1 aromatic carbocycles. The largest absolute Gasteiger partial charge is 0.493 e. The Morgan fingerprint density at radius 2 is 2.00 bits per heavy atom. The lowest BCUT2D eigenvalue weighted by molar-refractivity contribution is 0.191. The van der Waals surface area contributed by atoms with Gasteiger partial charge in [-0.1, -0.05) is 0 Å². The maximum atomic E-state index is 12.4. The fraction of sp³-hybridized carbons (Fsp3) is 0.412. The van der Waals surface area contributed by atoms with Gasteiger partial charge in [0.2, 0.25) is 0 Å². The predicted octanol–water partition coefficient (Wildman–Crippen LogP) is 2.00. The fourth-order valence-corrected chi connectivity index (χ4v) is 2.89. The zero-order valence-corrected chi connectivity index (χ0v) is 14.2. The van der Waals surface area contributed by atoms with Crippen LogP contribution in [-0.4, -0.2) is 41.9 Å². The number of amides is 2. The molecule has 128 valence electrons. The minimum absolute atomic E-state index is 0.0731. The van der Waals surface area contributed by atoms with Crippen LogP contribution in [0, 0.1) is 6.92 Å². The van der Waals surface area contributed by atoms with Crippen LogP contribution in [0.3, 0.4) is 0 Å². The molecular weight excluding hydrogens is 308 g/mol. The number of benzene rings is 1. The number of carbonyl (C=O) groups excluding carboxylic acids is 1. The molecule has 0 fully saturated rings. The molecule has 7 heteroatoms. The van der Waals surface area contributed by atoms with Gasteiger partial charge in [0, 0.05) is 30.9 Å². The third-order valence-corrected chi connectivity index (χ3v) is 4.37. The number of nitrogens with zero attached hydrogens (tertiary/aromatic N) is 2. The van der Waals surface area contributed by atoms with Gasteiger partial charge in [0.25, 0.3) is 0 Å². The number of carbonyl (C=O) groups is 1. The van der Waals surface area contributed by atoms with E-state index in [1.807, 2.05) is 24.0 Å². The summed E-state index contributed by atoms with van der Waals surface area (Å²) in [6.07, 6.45) is 2.53. The lowest BCUT2D eigenvalue weighted by Gasteiger charge is -2.29. The summed E-state index contributed by atoms with van der Waals surface area (Å²) in [5.74, 6) is 1.41. The van der Waals surface area contributed by atoms with Crippen LogP contribution in [0.25, 0.3) is 0 Å². The topological polar surface area (TPSA) is 79.5 Å². The number of nitrogens with one attached hydrogen (secondary N) is 2. The highest BCUT2D eigenvalue weighted by Crippen LogP contribution is 2.33. The Bertz CT molecular complexity index is 741. The molecule has 1 aromatic heterocycles. The van der Waals surface area contributed by atoms with Crippen molar-refractivity contribution in [3.05, 3.63) is 40.7 Å². The summed E-state index contributed by atoms with van der Waals surface area (Å²) >= 11 is 0. The zero-order valence-electron chi connectivity index (χ0n) is 14.2. The van der Waals surface area contributed by atoms with E-state index in [0.717, 1.165) is 29.0 Å². The average Bonchev–Trinajstić information content (AvgIpc) is 3.02. The van der Waals surface area contributed by atoms with Gasteiger partial charge in [-0.15, -0.1) is 0 Å². The van der Waals surface area contributed by atoms with Gasteiger partial charge < -0.3 is 19.7 Å². The van der Waals surface area contributed by atoms with Gasteiger partial charge in [-0.3, -0.25) is 5.10 Å². The Morgan fingerprint density at radius 1 is 1.29 bits per heavy atom. The highest BCUT2D eigenvalue weighted by atomic mass is 16.5. The first kappa shape index (κ1) is 16.2. The standard InChI is InChI=1S/C17H22N4O3/c1-11-14(9-19-20-11)8-18-17(22)21-5-4-12-6-15(23-2)16(24-3)7-13(12)10-21/h6-7,9H,4-5,8,10H2,1-3H3,(H,18,22)(H,19,20). The van der Waals surface area contributed by atoms with Gasteiger partial charge >= 0.3 is 6.03 Å². The average molecular weight is 330 g/mol. The second kappa shape index (κ2) is 6.82. The third-order valence-electron chi connectivity index (χ3n) is 4.37. The minimum atomic E-state index is -0.0731. The smallest absolute Gasteiger partial charge is 0.317 e. The van der Waals surface area contributed by atoms with E-state index in [1.165, 1.54) is 5.56 Å². The highest BCUT2D eigenvalue weighted by Gasteiger charge is 2.22. The monoisotopic (exact) mass is 330 g/mol. The Kier molecular flexibility index (Phi) is 4.59. The molecule has 0 atom stereocenters. The molecule has 1 aliphatic rings. The van der Waals surface area contributed by atoms with Crippen molar-refractivity contribution in [3.63, 3.8) is 0 Å². The third kappa shape index (κ3) is 3.15. The van der Waals surface area contributed by atoms with E-state index in [4.69, 9.17) is 9.47 Å². The number of urea groups is 1. The minimum Gasteiger partial charge on any atom is -0.493 e. The lowest BCUT2D eigenvalue weighted by atomic mass is 9.99. The van der Waals surface area contributed by atoms with Crippen LogP contribution in [0.5, 0.6) is 11.5 Å². The second-order valence-electron chi connectivity index (χ2n) is 5.83. The summed E-state index contributed by atoms with van der Waals surface area (Å²) in [5.41, 5.74) is 4.25. The van der Waals surface area contributed by atoms with Crippen molar-refractivity contribution in [2.45, 2.75) is 26.4 Å². The van der Waals surface area contributed by atoms with Crippen LogP contribution < -0.4 is 14.8 Å². The van der Waals surface area contributed by atoms with Gasteiger partial charge in [0.1, 0.15) is 0 Å². The van der Waals surface area contributed by atoms with Gasteiger partial charge in [-0.2, -0.15) is 5.10 Å². The van der Waals surface area contributed by atoms with E-state index in [-0.39, 0.29) is 6.03 Å². The maximum absolute atomic E-state index is 12.4. The summed E-state index contributed by atoms with van der Waals surface area (Å²) < 4.78 is 10.7.